The summed E-state index contributed by atoms with van der Waals surface area (Å²) in [7, 11) is 1.30. The van der Waals surface area contributed by atoms with Gasteiger partial charge in [0.25, 0.3) is 0 Å². The van der Waals surface area contributed by atoms with Gasteiger partial charge in [0, 0.05) is 5.56 Å². The Kier molecular flexibility index (Phi) is 8.39. The largest absolute Gasteiger partial charge is 0.467 e. The Balaban J connectivity index is 2.73. The van der Waals surface area contributed by atoms with E-state index >= 15 is 0 Å². The second-order valence-corrected chi connectivity index (χ2v) is 5.14. The molecule has 0 fully saturated rings. The van der Waals surface area contributed by atoms with Crippen molar-refractivity contribution < 1.29 is 23.9 Å². The third-order valence-corrected chi connectivity index (χ3v) is 3.40. The molecule has 24 heavy (non-hydrogen) atoms. The van der Waals surface area contributed by atoms with Gasteiger partial charge in [0.1, 0.15) is 12.0 Å². The number of nitrogens with zero attached hydrogens (tertiary/aromatic N) is 1. The zero-order valence-electron chi connectivity index (χ0n) is 14.2. The number of ketones is 1. The molecule has 0 aliphatic heterocycles. The van der Waals surface area contributed by atoms with E-state index in [4.69, 9.17) is 4.74 Å². The van der Waals surface area contributed by atoms with Crippen LogP contribution < -0.4 is 0 Å². The lowest BCUT2D eigenvalue weighted by molar-refractivity contribution is -0.146. The van der Waals surface area contributed by atoms with Gasteiger partial charge in [-0.1, -0.05) is 30.3 Å². The number of aliphatic imine (C=N–C) groups is 1. The highest BCUT2D eigenvalue weighted by Crippen LogP contribution is 2.16. The summed E-state index contributed by atoms with van der Waals surface area (Å²) in [5, 5.41) is 0. The van der Waals surface area contributed by atoms with Gasteiger partial charge in [0.15, 0.2) is 5.78 Å². The molecule has 1 aromatic rings. The van der Waals surface area contributed by atoms with Crippen LogP contribution >= 0.6 is 0 Å². The zero-order chi connectivity index (χ0) is 17.9. The number of Topliss-reactive ketones (excluding diaryl/α,β-unsaturated/α-hetero) is 1. The zero-order valence-corrected chi connectivity index (χ0v) is 14.2. The van der Waals surface area contributed by atoms with Crippen molar-refractivity contribution in [1.82, 2.24) is 0 Å². The van der Waals surface area contributed by atoms with Crippen LogP contribution in [-0.2, 0) is 19.1 Å². The molecule has 6 nitrogen and oxygen atoms in total. The number of esters is 2. The fraction of sp³-hybridized carbons (Fsp3) is 0.444. The Morgan fingerprint density at radius 2 is 1.83 bits per heavy atom. The van der Waals surface area contributed by atoms with Gasteiger partial charge in [0.05, 0.1) is 13.7 Å². The molecule has 0 aliphatic rings. The molecule has 0 spiro atoms. The number of carbonyl (C=O) groups is 3. The van der Waals surface area contributed by atoms with Gasteiger partial charge >= 0.3 is 11.9 Å². The first-order chi connectivity index (χ1) is 11.5. The van der Waals surface area contributed by atoms with Gasteiger partial charge in [-0.25, -0.2) is 4.79 Å². The minimum Gasteiger partial charge on any atom is -0.467 e. The number of carbonyl (C=O) groups excluding carboxylic acids is 3. The number of hydrogen-bond acceptors (Lipinski definition) is 6. The van der Waals surface area contributed by atoms with Gasteiger partial charge < -0.3 is 9.47 Å². The predicted octanol–water partition coefficient (Wildman–Crippen LogP) is 2.46. The molecule has 0 aliphatic carbocycles. The molecule has 0 aromatic heterocycles. The number of methoxy groups -OCH3 is 1. The second kappa shape index (κ2) is 10.3. The molecule has 0 saturated carbocycles. The lowest BCUT2D eigenvalue weighted by atomic mass is 9.93. The van der Waals surface area contributed by atoms with E-state index in [9.17, 15) is 14.4 Å². The van der Waals surface area contributed by atoms with Crippen molar-refractivity contribution >= 4 is 23.9 Å². The highest BCUT2D eigenvalue weighted by atomic mass is 16.5. The molecule has 0 amide bonds. The van der Waals surface area contributed by atoms with Crippen LogP contribution in [0.5, 0.6) is 0 Å². The van der Waals surface area contributed by atoms with E-state index in [1.807, 2.05) is 0 Å². The third-order valence-electron chi connectivity index (χ3n) is 3.40. The third kappa shape index (κ3) is 5.95. The molecule has 0 bridgehead atoms. The first kappa shape index (κ1) is 19.5. The van der Waals surface area contributed by atoms with Crippen molar-refractivity contribution in [2.45, 2.75) is 32.7 Å². The molecule has 0 heterocycles. The SMILES string of the molecule is CCOC(=O)C(CCC=NC(C)C(=O)OC)C(=O)c1ccccc1. The molecule has 2 unspecified atom stereocenters. The number of ether oxygens (including phenoxy) is 2. The molecule has 0 N–H and O–H groups in total. The fourth-order valence-electron chi connectivity index (χ4n) is 2.11. The van der Waals surface area contributed by atoms with E-state index < -0.39 is 23.9 Å². The summed E-state index contributed by atoms with van der Waals surface area (Å²) in [6.07, 6.45) is 2.18. The topological polar surface area (TPSA) is 82.0 Å². The van der Waals surface area contributed by atoms with Gasteiger partial charge in [-0.05, 0) is 32.9 Å². The maximum absolute atomic E-state index is 12.5. The molecule has 1 rings (SSSR count). The van der Waals surface area contributed by atoms with E-state index in [0.29, 0.717) is 12.0 Å². The minimum absolute atomic E-state index is 0.213. The van der Waals surface area contributed by atoms with Gasteiger partial charge in [-0.3, -0.25) is 14.6 Å². The highest BCUT2D eigenvalue weighted by Gasteiger charge is 2.28. The number of rotatable bonds is 9. The normalized spacial score (nSPS) is 13.3. The Bertz CT molecular complexity index is 582. The van der Waals surface area contributed by atoms with Crippen molar-refractivity contribution in [1.29, 1.82) is 0 Å². The summed E-state index contributed by atoms with van der Waals surface area (Å²) in [5.74, 6) is -2.13. The van der Waals surface area contributed by atoms with Crippen molar-refractivity contribution in [2.24, 2.45) is 10.9 Å². The van der Waals surface area contributed by atoms with E-state index in [1.54, 1.807) is 44.2 Å². The first-order valence-corrected chi connectivity index (χ1v) is 7.86. The van der Waals surface area contributed by atoms with Gasteiger partial charge in [0.2, 0.25) is 0 Å². The second-order valence-electron chi connectivity index (χ2n) is 5.14. The first-order valence-electron chi connectivity index (χ1n) is 7.86. The van der Waals surface area contributed by atoms with E-state index in [2.05, 4.69) is 9.73 Å². The summed E-state index contributed by atoms with van der Waals surface area (Å²) in [6, 6.07) is 8.02. The van der Waals surface area contributed by atoms with Crippen molar-refractivity contribution in [3.05, 3.63) is 35.9 Å². The Morgan fingerprint density at radius 3 is 2.42 bits per heavy atom. The fourth-order valence-corrected chi connectivity index (χ4v) is 2.11. The highest BCUT2D eigenvalue weighted by molar-refractivity contribution is 6.08. The standard InChI is InChI=1S/C18H23NO5/c1-4-24-18(22)15(16(20)14-9-6-5-7-10-14)11-8-12-19-13(2)17(21)23-3/h5-7,9-10,12-13,15H,4,8,11H2,1-3H3. The van der Waals surface area contributed by atoms with Crippen LogP contribution in [0.3, 0.4) is 0 Å². The van der Waals surface area contributed by atoms with Crippen LogP contribution in [0.2, 0.25) is 0 Å². The monoisotopic (exact) mass is 333 g/mol. The summed E-state index contributed by atoms with van der Waals surface area (Å²) in [6.45, 7) is 3.52. The van der Waals surface area contributed by atoms with Crippen molar-refractivity contribution in [2.75, 3.05) is 13.7 Å². The Hall–Kier alpha value is -2.50. The molecular weight excluding hydrogens is 310 g/mol. The van der Waals surface area contributed by atoms with Crippen LogP contribution in [0.15, 0.2) is 35.3 Å². The smallest absolute Gasteiger partial charge is 0.330 e. The molecule has 6 heteroatoms. The average molecular weight is 333 g/mol. The van der Waals surface area contributed by atoms with Crippen LogP contribution in [-0.4, -0.2) is 43.7 Å². The Morgan fingerprint density at radius 1 is 1.17 bits per heavy atom. The quantitative estimate of drug-likeness (QED) is 0.300. The lowest BCUT2D eigenvalue weighted by Crippen LogP contribution is -2.26. The molecule has 2 atom stereocenters. The molecule has 0 saturated heterocycles. The van der Waals surface area contributed by atoms with E-state index in [0.717, 1.165) is 0 Å². The van der Waals surface area contributed by atoms with Crippen LogP contribution in [0.1, 0.15) is 37.0 Å². The summed E-state index contributed by atoms with van der Waals surface area (Å²) in [5.41, 5.74) is 0.468. The van der Waals surface area contributed by atoms with E-state index in [-0.39, 0.29) is 18.8 Å². The minimum atomic E-state index is -0.882. The van der Waals surface area contributed by atoms with E-state index in [1.165, 1.54) is 13.3 Å². The number of hydrogen-bond donors (Lipinski definition) is 0. The van der Waals surface area contributed by atoms with Crippen LogP contribution in [0.25, 0.3) is 0 Å². The molecule has 0 radical (unpaired) electrons. The number of benzene rings is 1. The molecular formula is C18H23NO5. The van der Waals surface area contributed by atoms with Gasteiger partial charge in [-0.15, -0.1) is 0 Å². The maximum Gasteiger partial charge on any atom is 0.330 e. The Labute approximate surface area is 141 Å². The summed E-state index contributed by atoms with van der Waals surface area (Å²) in [4.78, 5) is 39.9. The summed E-state index contributed by atoms with van der Waals surface area (Å²) >= 11 is 0. The average Bonchev–Trinajstić information content (AvgIpc) is 2.61. The van der Waals surface area contributed by atoms with Crippen LogP contribution in [0, 0.1) is 5.92 Å². The van der Waals surface area contributed by atoms with Crippen molar-refractivity contribution in [3.8, 4) is 0 Å². The molecule has 1 aromatic carbocycles. The van der Waals surface area contributed by atoms with Crippen molar-refractivity contribution in [3.63, 3.8) is 0 Å². The lowest BCUT2D eigenvalue weighted by Gasteiger charge is -2.13. The van der Waals surface area contributed by atoms with Crippen LogP contribution in [0.4, 0.5) is 0 Å². The van der Waals surface area contributed by atoms with Gasteiger partial charge in [-0.2, -0.15) is 0 Å². The summed E-state index contributed by atoms with van der Waals surface area (Å²) < 4.78 is 9.58. The maximum atomic E-state index is 12.5. The molecule has 130 valence electrons. The predicted molar refractivity (Wildman–Crippen MR) is 90.1 cm³/mol.